The maximum atomic E-state index is 5.55. The number of hydrogen-bond donors (Lipinski definition) is 0. The first kappa shape index (κ1) is 26.4. The van der Waals surface area contributed by atoms with Gasteiger partial charge in [-0.2, -0.15) is 0 Å². The van der Waals surface area contributed by atoms with E-state index in [9.17, 15) is 0 Å². The fourth-order valence-electron chi connectivity index (χ4n) is 8.93. The van der Waals surface area contributed by atoms with E-state index >= 15 is 0 Å². The average Bonchev–Trinajstić information content (AvgIpc) is 3.82. The highest BCUT2D eigenvalue weighted by Gasteiger charge is 2.28. The van der Waals surface area contributed by atoms with E-state index in [1.165, 1.54) is 81.8 Å². The van der Waals surface area contributed by atoms with Gasteiger partial charge in [0.25, 0.3) is 0 Å². The average molecular weight is 637 g/mol. The molecule has 0 saturated carbocycles. The van der Waals surface area contributed by atoms with Gasteiger partial charge in [0.2, 0.25) is 0 Å². The summed E-state index contributed by atoms with van der Waals surface area (Å²) in [7, 11) is 0. The Morgan fingerprint density at radius 2 is 1.28 bits per heavy atom. The van der Waals surface area contributed by atoms with Gasteiger partial charge in [-0.15, -0.1) is 0 Å². The maximum absolute atomic E-state index is 5.55. The molecule has 0 spiro atoms. The SMILES string of the molecule is C1=Cc2c(n3c4ccccc4c4c5c(cc2c43)c2ccc3ccccc3c2n5-c2nc(-c3ccc4ccccc4c3)nc3ccccc23)CC1. The van der Waals surface area contributed by atoms with E-state index in [1.807, 2.05) is 0 Å². The van der Waals surface area contributed by atoms with Crippen LogP contribution in [-0.4, -0.2) is 18.9 Å². The van der Waals surface area contributed by atoms with Crippen molar-refractivity contribution in [1.29, 1.82) is 0 Å². The minimum Gasteiger partial charge on any atom is -0.312 e. The van der Waals surface area contributed by atoms with E-state index in [0.29, 0.717) is 0 Å². The van der Waals surface area contributed by atoms with Crippen molar-refractivity contribution in [2.45, 2.75) is 12.8 Å². The van der Waals surface area contributed by atoms with E-state index in [4.69, 9.17) is 9.97 Å². The standard InChI is InChI=1S/C46H28N4/c1-2-13-29-25-30(22-21-27(29)11-1)45-47-38-18-8-5-16-34(38)46(48-45)50-42-31-14-4-3-12-28(31)23-24-33(42)37-26-36-32-15-6-9-19-39(32)49-40-20-10-7-17-35(40)41(43(36)49)44(37)50/h1-8,10-18,20-26H,9,19H2. The molecule has 0 saturated heterocycles. The molecule has 0 N–H and O–H groups in total. The second-order valence-electron chi connectivity index (χ2n) is 13.7. The third-order valence-electron chi connectivity index (χ3n) is 11.1. The molecule has 7 aromatic carbocycles. The molecule has 0 unspecified atom stereocenters. The van der Waals surface area contributed by atoms with Crippen LogP contribution >= 0.6 is 0 Å². The van der Waals surface area contributed by atoms with E-state index < -0.39 is 0 Å². The number of aromatic nitrogens is 4. The predicted octanol–water partition coefficient (Wildman–Crippen LogP) is 11.7. The van der Waals surface area contributed by atoms with Crippen molar-refractivity contribution >= 4 is 87.5 Å². The van der Waals surface area contributed by atoms with Crippen molar-refractivity contribution in [2.24, 2.45) is 0 Å². The normalized spacial score (nSPS) is 13.4. The number of hydrogen-bond acceptors (Lipinski definition) is 2. The smallest absolute Gasteiger partial charge is 0.162 e. The van der Waals surface area contributed by atoms with Gasteiger partial charge >= 0.3 is 0 Å². The van der Waals surface area contributed by atoms with Gasteiger partial charge in [0, 0.05) is 54.5 Å². The quantitative estimate of drug-likeness (QED) is 0.189. The number of allylic oxidation sites excluding steroid dienone is 1. The first-order valence-corrected chi connectivity index (χ1v) is 17.4. The molecule has 0 aliphatic heterocycles. The highest BCUT2D eigenvalue weighted by molar-refractivity contribution is 6.33. The van der Waals surface area contributed by atoms with Crippen molar-refractivity contribution in [3.05, 3.63) is 151 Å². The van der Waals surface area contributed by atoms with Crippen LogP contribution in [0.15, 0.2) is 140 Å². The summed E-state index contributed by atoms with van der Waals surface area (Å²) in [5, 5.41) is 12.2. The number of para-hydroxylation sites is 2. The molecule has 0 bridgehead atoms. The molecule has 50 heavy (non-hydrogen) atoms. The minimum atomic E-state index is 0.724. The molecule has 4 aromatic heterocycles. The first-order valence-electron chi connectivity index (χ1n) is 17.4. The lowest BCUT2D eigenvalue weighted by molar-refractivity contribution is 0.926. The summed E-state index contributed by atoms with van der Waals surface area (Å²) in [4.78, 5) is 10.7. The van der Waals surface area contributed by atoms with Crippen molar-refractivity contribution in [3.63, 3.8) is 0 Å². The molecule has 1 aliphatic carbocycles. The first-order chi connectivity index (χ1) is 24.8. The molecule has 11 aromatic rings. The Labute approximate surface area is 286 Å². The van der Waals surface area contributed by atoms with E-state index in [1.54, 1.807) is 0 Å². The molecule has 0 amide bonds. The Hall–Kier alpha value is -6.52. The largest absolute Gasteiger partial charge is 0.312 e. The Bertz CT molecular complexity index is 3270. The van der Waals surface area contributed by atoms with Crippen LogP contribution < -0.4 is 0 Å². The summed E-state index contributed by atoms with van der Waals surface area (Å²) in [6.07, 6.45) is 6.78. The number of fused-ring (bicyclic) bond motifs is 14. The highest BCUT2D eigenvalue weighted by Crippen LogP contribution is 2.48. The zero-order valence-corrected chi connectivity index (χ0v) is 27.1. The number of rotatable bonds is 2. The van der Waals surface area contributed by atoms with Gasteiger partial charge in [-0.05, 0) is 59.3 Å². The Morgan fingerprint density at radius 1 is 0.520 bits per heavy atom. The maximum Gasteiger partial charge on any atom is 0.162 e. The van der Waals surface area contributed by atoms with Crippen molar-refractivity contribution < 1.29 is 0 Å². The molecular weight excluding hydrogens is 609 g/mol. The summed E-state index contributed by atoms with van der Waals surface area (Å²) in [5.74, 6) is 1.62. The van der Waals surface area contributed by atoms with Crippen LogP contribution in [0.25, 0.3) is 105 Å². The van der Waals surface area contributed by atoms with E-state index in [-0.39, 0.29) is 0 Å². The molecule has 1 aliphatic rings. The summed E-state index contributed by atoms with van der Waals surface area (Å²) in [6, 6.07) is 48.3. The van der Waals surface area contributed by atoms with Gasteiger partial charge in [-0.25, -0.2) is 9.97 Å². The van der Waals surface area contributed by atoms with Crippen LogP contribution in [0.3, 0.4) is 0 Å². The fraction of sp³-hybridized carbons (Fsp3) is 0.0435. The lowest BCUT2D eigenvalue weighted by Gasteiger charge is -2.14. The third-order valence-corrected chi connectivity index (χ3v) is 11.1. The topological polar surface area (TPSA) is 35.1 Å². The molecule has 0 radical (unpaired) electrons. The zero-order valence-electron chi connectivity index (χ0n) is 27.1. The van der Waals surface area contributed by atoms with Crippen molar-refractivity contribution in [2.75, 3.05) is 0 Å². The predicted molar refractivity (Wildman–Crippen MR) is 209 cm³/mol. The number of nitrogens with zero attached hydrogens (tertiary/aromatic N) is 4. The Kier molecular flexibility index (Phi) is 5.05. The van der Waals surface area contributed by atoms with Crippen LogP contribution in [0.2, 0.25) is 0 Å². The van der Waals surface area contributed by atoms with E-state index in [0.717, 1.165) is 41.0 Å². The molecule has 4 heteroatoms. The van der Waals surface area contributed by atoms with Crippen molar-refractivity contribution in [3.8, 4) is 17.2 Å². The lowest BCUT2D eigenvalue weighted by atomic mass is 9.98. The van der Waals surface area contributed by atoms with Crippen molar-refractivity contribution in [1.82, 2.24) is 18.9 Å². The summed E-state index contributed by atoms with van der Waals surface area (Å²) in [5.41, 5.74) is 9.65. The molecular formula is C46H28N4. The molecule has 0 fully saturated rings. The second-order valence-corrected chi connectivity index (χ2v) is 13.7. The van der Waals surface area contributed by atoms with Gasteiger partial charge in [-0.1, -0.05) is 115 Å². The molecule has 4 nitrogen and oxygen atoms in total. The van der Waals surface area contributed by atoms with Crippen LogP contribution in [0.4, 0.5) is 0 Å². The molecule has 4 heterocycles. The summed E-state index contributed by atoms with van der Waals surface area (Å²) in [6.45, 7) is 0. The van der Waals surface area contributed by atoms with Gasteiger partial charge in [0.15, 0.2) is 5.82 Å². The number of benzene rings is 7. The minimum absolute atomic E-state index is 0.724. The van der Waals surface area contributed by atoms with Gasteiger partial charge in [0.05, 0.1) is 27.6 Å². The lowest BCUT2D eigenvalue weighted by Crippen LogP contribution is -2.03. The summed E-state index contributed by atoms with van der Waals surface area (Å²) >= 11 is 0. The Morgan fingerprint density at radius 3 is 2.20 bits per heavy atom. The molecule has 232 valence electrons. The van der Waals surface area contributed by atoms with Gasteiger partial charge in [-0.3, -0.25) is 4.57 Å². The van der Waals surface area contributed by atoms with Crippen LogP contribution in [0.5, 0.6) is 0 Å². The fourth-order valence-corrected chi connectivity index (χ4v) is 8.93. The molecule has 12 rings (SSSR count). The number of aryl methyl sites for hydroxylation is 1. The van der Waals surface area contributed by atoms with Crippen LogP contribution in [0.1, 0.15) is 17.7 Å². The zero-order chi connectivity index (χ0) is 32.5. The Balaban J connectivity index is 1.33. The van der Waals surface area contributed by atoms with Gasteiger partial charge < -0.3 is 4.40 Å². The van der Waals surface area contributed by atoms with Crippen LogP contribution in [0, 0.1) is 0 Å². The van der Waals surface area contributed by atoms with Gasteiger partial charge in [0.1, 0.15) is 5.82 Å². The monoisotopic (exact) mass is 636 g/mol. The van der Waals surface area contributed by atoms with Crippen LogP contribution in [-0.2, 0) is 6.42 Å². The summed E-state index contributed by atoms with van der Waals surface area (Å²) < 4.78 is 5.03. The highest BCUT2D eigenvalue weighted by atomic mass is 15.1. The second kappa shape index (κ2) is 9.55. The molecule has 0 atom stereocenters. The van der Waals surface area contributed by atoms with E-state index in [2.05, 4.69) is 155 Å². The third kappa shape index (κ3) is 3.35.